The lowest BCUT2D eigenvalue weighted by atomic mass is 9.95. The number of nitrogens with zero attached hydrogens (tertiary/aromatic N) is 2. The van der Waals surface area contributed by atoms with Gasteiger partial charge in [0.05, 0.1) is 42.2 Å². The normalized spacial score (nSPS) is 13.0. The van der Waals surface area contributed by atoms with Crippen LogP contribution in [0.25, 0.3) is 11.3 Å². The molecule has 0 spiro atoms. The van der Waals surface area contributed by atoms with Crippen molar-refractivity contribution in [2.75, 3.05) is 11.9 Å². The van der Waals surface area contributed by atoms with Gasteiger partial charge in [-0.3, -0.25) is 9.78 Å². The Balaban J connectivity index is 1.48. The number of alkyl halides is 3. The topological polar surface area (TPSA) is 87.1 Å². The highest BCUT2D eigenvalue weighted by Crippen LogP contribution is 2.31. The summed E-state index contributed by atoms with van der Waals surface area (Å²) in [6, 6.07) is 22.8. The van der Waals surface area contributed by atoms with Crippen LogP contribution in [0.15, 0.2) is 91.3 Å². The van der Waals surface area contributed by atoms with Crippen LogP contribution in [-0.4, -0.2) is 27.6 Å². The first-order valence-electron chi connectivity index (χ1n) is 13.1. The number of benzene rings is 3. The van der Waals surface area contributed by atoms with Gasteiger partial charge in [0.15, 0.2) is 0 Å². The molecule has 0 amide bonds. The van der Waals surface area contributed by atoms with E-state index in [0.717, 1.165) is 41.7 Å². The molecule has 9 heteroatoms. The van der Waals surface area contributed by atoms with Gasteiger partial charge < -0.3 is 15.7 Å². The number of hydrogen-bond acceptors (Lipinski definition) is 5. The van der Waals surface area contributed by atoms with Crippen LogP contribution in [0, 0.1) is 0 Å². The smallest absolute Gasteiger partial charge is 0.416 e. The lowest BCUT2D eigenvalue weighted by Gasteiger charge is -2.22. The van der Waals surface area contributed by atoms with Crippen molar-refractivity contribution in [3.8, 4) is 11.3 Å². The Morgan fingerprint density at radius 2 is 1.52 bits per heavy atom. The fourth-order valence-electron chi connectivity index (χ4n) is 4.49. The Kier molecular flexibility index (Phi) is 9.50. The monoisotopic (exact) mass is 548 g/mol. The van der Waals surface area contributed by atoms with E-state index in [1.54, 1.807) is 12.4 Å². The summed E-state index contributed by atoms with van der Waals surface area (Å²) < 4.78 is 38.6. The van der Waals surface area contributed by atoms with E-state index in [1.165, 1.54) is 12.1 Å². The van der Waals surface area contributed by atoms with Crippen molar-refractivity contribution in [3.63, 3.8) is 0 Å². The molecule has 0 bridgehead atoms. The van der Waals surface area contributed by atoms with E-state index >= 15 is 0 Å². The van der Waals surface area contributed by atoms with Gasteiger partial charge in [0, 0.05) is 12.1 Å². The number of hydrogen-bond donors (Lipinski definition) is 3. The lowest BCUT2D eigenvalue weighted by molar-refractivity contribution is -0.138. The van der Waals surface area contributed by atoms with Gasteiger partial charge in [0.1, 0.15) is 5.82 Å². The molecule has 1 aromatic heterocycles. The van der Waals surface area contributed by atoms with E-state index in [2.05, 4.69) is 39.7 Å². The van der Waals surface area contributed by atoms with Crippen molar-refractivity contribution in [1.29, 1.82) is 0 Å². The molecule has 0 fully saturated rings. The minimum atomic E-state index is -4.39. The minimum absolute atomic E-state index is 0.0274. The van der Waals surface area contributed by atoms with Crippen LogP contribution in [0.1, 0.15) is 60.5 Å². The summed E-state index contributed by atoms with van der Waals surface area (Å²) in [5.41, 5.74) is 3.47. The van der Waals surface area contributed by atoms with Gasteiger partial charge in [-0.05, 0) is 35.2 Å². The van der Waals surface area contributed by atoms with E-state index in [0.29, 0.717) is 23.6 Å². The molecule has 208 valence electrons. The Labute approximate surface area is 231 Å². The van der Waals surface area contributed by atoms with Crippen molar-refractivity contribution in [2.45, 2.75) is 44.4 Å². The quantitative estimate of drug-likeness (QED) is 0.173. The van der Waals surface area contributed by atoms with Crippen LogP contribution < -0.4 is 10.6 Å². The summed E-state index contributed by atoms with van der Waals surface area (Å²) in [6.07, 6.45) is 0.555. The molecule has 0 saturated heterocycles. The predicted molar refractivity (Wildman–Crippen MR) is 149 cm³/mol. The molecule has 4 rings (SSSR count). The molecule has 1 heterocycles. The van der Waals surface area contributed by atoms with E-state index in [4.69, 9.17) is 5.11 Å². The molecule has 4 aromatic rings. The number of carboxylic acid groups (broad SMARTS) is 1. The van der Waals surface area contributed by atoms with Gasteiger partial charge in [-0.1, -0.05) is 80.1 Å². The maximum absolute atomic E-state index is 12.9. The van der Waals surface area contributed by atoms with Crippen LogP contribution in [0.2, 0.25) is 0 Å². The Morgan fingerprint density at radius 3 is 2.10 bits per heavy atom. The zero-order chi connectivity index (χ0) is 28.5. The van der Waals surface area contributed by atoms with E-state index < -0.39 is 17.7 Å². The highest BCUT2D eigenvalue weighted by atomic mass is 19.4. The number of nitrogens with one attached hydrogen (secondary N) is 2. The molecule has 0 saturated carbocycles. The third kappa shape index (κ3) is 7.66. The second-order valence-corrected chi connectivity index (χ2v) is 9.46. The van der Waals surface area contributed by atoms with Gasteiger partial charge in [-0.25, -0.2) is 4.98 Å². The van der Waals surface area contributed by atoms with Crippen LogP contribution in [0.4, 0.5) is 19.0 Å². The largest absolute Gasteiger partial charge is 0.481 e. The van der Waals surface area contributed by atoms with Crippen molar-refractivity contribution in [3.05, 3.63) is 114 Å². The summed E-state index contributed by atoms with van der Waals surface area (Å²) in [5, 5.41) is 15.8. The van der Waals surface area contributed by atoms with Crippen LogP contribution >= 0.6 is 0 Å². The van der Waals surface area contributed by atoms with Gasteiger partial charge >= 0.3 is 12.1 Å². The fraction of sp³-hybridized carbons (Fsp3) is 0.258. The lowest BCUT2D eigenvalue weighted by Crippen LogP contribution is -2.25. The second kappa shape index (κ2) is 13.2. The molecule has 6 nitrogen and oxygen atoms in total. The third-order valence-corrected chi connectivity index (χ3v) is 6.55. The van der Waals surface area contributed by atoms with Crippen LogP contribution in [0.5, 0.6) is 0 Å². The SMILES string of the molecule is CCCC(Nc1cnc(-c2ccc(C(F)(F)F)cc2)cn1)c1ccc([C@H](NCCC(=O)O)c2ccccc2)cc1. The number of anilines is 1. The number of halogens is 3. The molecular formula is C31H31F3N4O2. The number of carbonyl (C=O) groups is 1. The van der Waals surface area contributed by atoms with E-state index in [9.17, 15) is 18.0 Å². The van der Waals surface area contributed by atoms with Gasteiger partial charge in [0.25, 0.3) is 0 Å². The molecule has 3 aromatic carbocycles. The summed E-state index contributed by atoms with van der Waals surface area (Å²) in [7, 11) is 0. The maximum atomic E-state index is 12.9. The summed E-state index contributed by atoms with van der Waals surface area (Å²) in [4.78, 5) is 19.9. The molecule has 0 aliphatic carbocycles. The van der Waals surface area contributed by atoms with E-state index in [1.807, 2.05) is 42.5 Å². The van der Waals surface area contributed by atoms with Crippen LogP contribution in [0.3, 0.4) is 0 Å². The molecule has 40 heavy (non-hydrogen) atoms. The van der Waals surface area contributed by atoms with Gasteiger partial charge in [-0.15, -0.1) is 0 Å². The standard InChI is InChI=1S/C31H31F3N4O2/c1-2-6-26(38-28-20-36-27(19-37-28)22-13-15-25(16-14-22)31(32,33)34)21-9-11-24(12-10-21)30(35-18-17-29(39)40)23-7-4-3-5-8-23/h3-5,7-16,19-20,26,30,35H,2,6,17-18H2,1H3,(H,37,38)(H,39,40)/t26?,30-/m1/s1. The van der Waals surface area contributed by atoms with Crippen LogP contribution in [-0.2, 0) is 11.0 Å². The first kappa shape index (κ1) is 28.8. The highest BCUT2D eigenvalue weighted by molar-refractivity contribution is 5.66. The minimum Gasteiger partial charge on any atom is -0.481 e. The summed E-state index contributed by atoms with van der Waals surface area (Å²) >= 11 is 0. The van der Waals surface area contributed by atoms with Crippen molar-refractivity contribution in [1.82, 2.24) is 15.3 Å². The van der Waals surface area contributed by atoms with Crippen molar-refractivity contribution < 1.29 is 23.1 Å². The first-order chi connectivity index (χ1) is 19.2. The molecule has 0 aliphatic heterocycles. The average Bonchev–Trinajstić information content (AvgIpc) is 2.96. The first-order valence-corrected chi connectivity index (χ1v) is 13.1. The number of aliphatic carboxylic acids is 1. The summed E-state index contributed by atoms with van der Waals surface area (Å²) in [5.74, 6) is -0.283. The molecule has 1 unspecified atom stereocenters. The van der Waals surface area contributed by atoms with Crippen molar-refractivity contribution >= 4 is 11.8 Å². The Hall–Kier alpha value is -4.24. The third-order valence-electron chi connectivity index (χ3n) is 6.55. The number of aromatic nitrogens is 2. The van der Waals surface area contributed by atoms with Gasteiger partial charge in [0.2, 0.25) is 0 Å². The molecule has 3 N–H and O–H groups in total. The number of carboxylic acids is 1. The van der Waals surface area contributed by atoms with Gasteiger partial charge in [-0.2, -0.15) is 13.2 Å². The molecule has 0 radical (unpaired) electrons. The van der Waals surface area contributed by atoms with Crippen molar-refractivity contribution in [2.24, 2.45) is 0 Å². The van der Waals surface area contributed by atoms with E-state index in [-0.39, 0.29) is 18.5 Å². The molecule has 0 aliphatic rings. The zero-order valence-corrected chi connectivity index (χ0v) is 22.0. The molecule has 2 atom stereocenters. The molecular weight excluding hydrogens is 517 g/mol. The maximum Gasteiger partial charge on any atom is 0.416 e. The summed E-state index contributed by atoms with van der Waals surface area (Å²) in [6.45, 7) is 2.44. The predicted octanol–water partition coefficient (Wildman–Crippen LogP) is 7.27. The average molecular weight is 549 g/mol. The highest BCUT2D eigenvalue weighted by Gasteiger charge is 2.30. The Morgan fingerprint density at radius 1 is 0.875 bits per heavy atom. The zero-order valence-electron chi connectivity index (χ0n) is 22.0. The second-order valence-electron chi connectivity index (χ2n) is 9.46. The Bertz CT molecular complexity index is 1360. The number of rotatable bonds is 12. The fourth-order valence-corrected chi connectivity index (χ4v) is 4.49.